The van der Waals surface area contributed by atoms with Crippen LogP contribution in [0.25, 0.3) is 0 Å². The first-order valence-corrected chi connectivity index (χ1v) is 5.24. The molecule has 1 aromatic rings. The number of ketones is 2. The Morgan fingerprint density at radius 1 is 1.24 bits per heavy atom. The van der Waals surface area contributed by atoms with Crippen molar-refractivity contribution in [3.8, 4) is 0 Å². The first-order chi connectivity index (χ1) is 7.99. The van der Waals surface area contributed by atoms with Gasteiger partial charge in [0.2, 0.25) is 0 Å². The lowest BCUT2D eigenvalue weighted by Gasteiger charge is -2.11. The zero-order valence-corrected chi connectivity index (χ0v) is 10.2. The van der Waals surface area contributed by atoms with Crippen LogP contribution >= 0.6 is 11.6 Å². The van der Waals surface area contributed by atoms with Crippen molar-refractivity contribution >= 4 is 29.1 Å². The van der Waals surface area contributed by atoms with Crippen LogP contribution in [0, 0.1) is 5.92 Å². The molecule has 17 heavy (non-hydrogen) atoms. The Morgan fingerprint density at radius 3 is 2.29 bits per heavy atom. The number of carbonyl (C=O) groups is 3. The van der Waals surface area contributed by atoms with Gasteiger partial charge in [-0.05, 0) is 19.1 Å². The van der Waals surface area contributed by atoms with Gasteiger partial charge < -0.3 is 4.74 Å². The maximum atomic E-state index is 12.0. The van der Waals surface area contributed by atoms with E-state index in [4.69, 9.17) is 11.6 Å². The van der Waals surface area contributed by atoms with Crippen LogP contribution in [-0.2, 0) is 14.3 Å². The van der Waals surface area contributed by atoms with Crippen molar-refractivity contribution in [1.82, 2.24) is 0 Å². The molecular weight excluding hydrogens is 244 g/mol. The average molecular weight is 255 g/mol. The fourth-order valence-corrected chi connectivity index (χ4v) is 1.62. The minimum atomic E-state index is -1.44. The molecule has 1 aromatic carbocycles. The van der Waals surface area contributed by atoms with Crippen LogP contribution in [0.3, 0.4) is 0 Å². The van der Waals surface area contributed by atoms with Crippen molar-refractivity contribution in [3.05, 3.63) is 34.9 Å². The Kier molecular flexibility index (Phi) is 4.40. The third-order valence-corrected chi connectivity index (χ3v) is 2.57. The number of ether oxygens (including phenoxy) is 1. The van der Waals surface area contributed by atoms with E-state index in [1.165, 1.54) is 12.1 Å². The third-order valence-electron chi connectivity index (χ3n) is 2.24. The molecule has 0 amide bonds. The maximum Gasteiger partial charge on any atom is 0.324 e. The van der Waals surface area contributed by atoms with Gasteiger partial charge in [-0.2, -0.15) is 0 Å². The normalized spacial score (nSPS) is 11.7. The van der Waals surface area contributed by atoms with Crippen molar-refractivity contribution in [3.63, 3.8) is 0 Å². The molecule has 0 aliphatic rings. The summed E-state index contributed by atoms with van der Waals surface area (Å²) in [6.07, 6.45) is 0. The van der Waals surface area contributed by atoms with E-state index in [1.54, 1.807) is 12.1 Å². The first kappa shape index (κ1) is 13.4. The number of esters is 1. The Balaban J connectivity index is 3.14. The number of hydrogen-bond donors (Lipinski definition) is 0. The molecule has 90 valence electrons. The van der Waals surface area contributed by atoms with Crippen LogP contribution in [0.1, 0.15) is 17.3 Å². The molecule has 0 unspecified atom stereocenters. The molecule has 1 atom stereocenters. The third kappa shape index (κ3) is 2.91. The van der Waals surface area contributed by atoms with Crippen LogP contribution in [0.5, 0.6) is 0 Å². The highest BCUT2D eigenvalue weighted by Crippen LogP contribution is 2.20. The number of halogens is 1. The van der Waals surface area contributed by atoms with Crippen molar-refractivity contribution in [2.75, 3.05) is 7.11 Å². The minimum Gasteiger partial charge on any atom is -0.468 e. The minimum absolute atomic E-state index is 0.139. The van der Waals surface area contributed by atoms with Crippen molar-refractivity contribution in [2.24, 2.45) is 5.92 Å². The lowest BCUT2D eigenvalue weighted by atomic mass is 9.94. The number of benzene rings is 1. The number of carbonyl (C=O) groups excluding carboxylic acids is 3. The van der Waals surface area contributed by atoms with E-state index in [-0.39, 0.29) is 10.6 Å². The molecule has 0 saturated heterocycles. The van der Waals surface area contributed by atoms with E-state index >= 15 is 0 Å². The van der Waals surface area contributed by atoms with Crippen LogP contribution in [0.4, 0.5) is 0 Å². The summed E-state index contributed by atoms with van der Waals surface area (Å²) in [6, 6.07) is 6.24. The second kappa shape index (κ2) is 5.59. The smallest absolute Gasteiger partial charge is 0.324 e. The zero-order valence-electron chi connectivity index (χ0n) is 9.40. The Hall–Kier alpha value is -1.68. The molecule has 0 saturated carbocycles. The second-order valence-electron chi connectivity index (χ2n) is 3.41. The summed E-state index contributed by atoms with van der Waals surface area (Å²) >= 11 is 5.83. The quantitative estimate of drug-likeness (QED) is 0.468. The predicted octanol–water partition coefficient (Wildman–Crippen LogP) is 1.90. The molecule has 0 fully saturated rings. The highest BCUT2D eigenvalue weighted by Gasteiger charge is 2.33. The van der Waals surface area contributed by atoms with Crippen molar-refractivity contribution in [1.29, 1.82) is 0 Å². The van der Waals surface area contributed by atoms with Gasteiger partial charge in [0.25, 0.3) is 0 Å². The fourth-order valence-electron chi connectivity index (χ4n) is 1.39. The maximum absolute atomic E-state index is 12.0. The number of Topliss-reactive ketones (excluding diaryl/α,β-unsaturated/α-hetero) is 2. The molecule has 0 bridgehead atoms. The van der Waals surface area contributed by atoms with Crippen molar-refractivity contribution in [2.45, 2.75) is 6.92 Å². The van der Waals surface area contributed by atoms with Gasteiger partial charge in [-0.25, -0.2) is 0 Å². The summed E-state index contributed by atoms with van der Waals surface area (Å²) in [6.45, 7) is 1.16. The summed E-state index contributed by atoms with van der Waals surface area (Å²) in [4.78, 5) is 34.7. The SMILES string of the molecule is COC(=O)[C@H](C(C)=O)C(=O)c1ccccc1Cl. The summed E-state index contributed by atoms with van der Waals surface area (Å²) < 4.78 is 4.43. The van der Waals surface area contributed by atoms with Crippen molar-refractivity contribution < 1.29 is 19.1 Å². The molecule has 5 heteroatoms. The van der Waals surface area contributed by atoms with Crippen LogP contribution < -0.4 is 0 Å². The van der Waals surface area contributed by atoms with Gasteiger partial charge in [0.1, 0.15) is 0 Å². The van der Waals surface area contributed by atoms with E-state index in [0.717, 1.165) is 14.0 Å². The standard InChI is InChI=1S/C12H11ClO4/c1-7(14)10(12(16)17-2)11(15)8-5-3-4-6-9(8)13/h3-6,10H,1-2H3/t10-/m1/s1. The van der Waals surface area contributed by atoms with E-state index in [2.05, 4.69) is 4.74 Å². The number of hydrogen-bond acceptors (Lipinski definition) is 4. The lowest BCUT2D eigenvalue weighted by Crippen LogP contribution is -2.31. The van der Waals surface area contributed by atoms with Crippen LogP contribution in [-0.4, -0.2) is 24.6 Å². The predicted molar refractivity (Wildman–Crippen MR) is 62.0 cm³/mol. The number of methoxy groups -OCH3 is 1. The Morgan fingerprint density at radius 2 is 1.82 bits per heavy atom. The van der Waals surface area contributed by atoms with Gasteiger partial charge in [-0.1, -0.05) is 23.7 Å². The Bertz CT molecular complexity index is 467. The second-order valence-corrected chi connectivity index (χ2v) is 3.82. The molecule has 0 aliphatic heterocycles. The van der Waals surface area contributed by atoms with Gasteiger partial charge in [0.05, 0.1) is 12.1 Å². The summed E-state index contributed by atoms with van der Waals surface area (Å²) in [7, 11) is 1.12. The molecule has 0 aliphatic carbocycles. The molecule has 0 N–H and O–H groups in total. The van der Waals surface area contributed by atoms with E-state index in [0.29, 0.717) is 0 Å². The molecular formula is C12H11ClO4. The van der Waals surface area contributed by atoms with Gasteiger partial charge in [-0.15, -0.1) is 0 Å². The molecule has 0 spiro atoms. The molecule has 0 radical (unpaired) electrons. The van der Waals surface area contributed by atoms with Gasteiger partial charge >= 0.3 is 5.97 Å². The molecule has 0 aromatic heterocycles. The van der Waals surface area contributed by atoms with E-state index in [9.17, 15) is 14.4 Å². The zero-order chi connectivity index (χ0) is 13.0. The van der Waals surface area contributed by atoms with Gasteiger partial charge in [0.15, 0.2) is 17.5 Å². The average Bonchev–Trinajstić information content (AvgIpc) is 2.28. The van der Waals surface area contributed by atoms with Crippen LogP contribution in [0.2, 0.25) is 5.02 Å². The first-order valence-electron chi connectivity index (χ1n) is 4.86. The summed E-state index contributed by atoms with van der Waals surface area (Å²) in [5.41, 5.74) is 0.139. The summed E-state index contributed by atoms with van der Waals surface area (Å²) in [5.74, 6) is -3.53. The molecule has 1 rings (SSSR count). The highest BCUT2D eigenvalue weighted by molar-refractivity contribution is 6.35. The number of rotatable bonds is 4. The summed E-state index contributed by atoms with van der Waals surface area (Å²) in [5, 5.41) is 0.202. The molecule has 0 heterocycles. The van der Waals surface area contributed by atoms with E-state index < -0.39 is 23.5 Å². The highest BCUT2D eigenvalue weighted by atomic mass is 35.5. The van der Waals surface area contributed by atoms with E-state index in [1.807, 2.05) is 0 Å². The van der Waals surface area contributed by atoms with Gasteiger partial charge in [-0.3, -0.25) is 14.4 Å². The lowest BCUT2D eigenvalue weighted by molar-refractivity contribution is -0.146. The monoisotopic (exact) mass is 254 g/mol. The Labute approximate surface area is 104 Å². The van der Waals surface area contributed by atoms with Gasteiger partial charge in [0, 0.05) is 5.56 Å². The van der Waals surface area contributed by atoms with Crippen LogP contribution in [0.15, 0.2) is 24.3 Å². The topological polar surface area (TPSA) is 60.4 Å². The fraction of sp³-hybridized carbons (Fsp3) is 0.250. The largest absolute Gasteiger partial charge is 0.468 e. The molecule has 4 nitrogen and oxygen atoms in total.